The number of furan rings is 1. The van der Waals surface area contributed by atoms with Crippen LogP contribution in [-0.2, 0) is 16.8 Å². The van der Waals surface area contributed by atoms with Gasteiger partial charge in [0.05, 0.1) is 18.2 Å². The van der Waals surface area contributed by atoms with Crippen molar-refractivity contribution < 1.29 is 13.6 Å². The fourth-order valence-electron chi connectivity index (χ4n) is 2.67. The lowest BCUT2D eigenvalue weighted by Gasteiger charge is -2.43. The van der Waals surface area contributed by atoms with Gasteiger partial charge >= 0.3 is 0 Å². The zero-order chi connectivity index (χ0) is 14.0. The predicted octanol–water partition coefficient (Wildman–Crippen LogP) is 3.16. The van der Waals surface area contributed by atoms with Crippen LogP contribution in [0.2, 0.25) is 0 Å². The van der Waals surface area contributed by atoms with Crippen molar-refractivity contribution in [3.05, 3.63) is 59.8 Å². The summed E-state index contributed by atoms with van der Waals surface area (Å²) in [5.74, 6) is 0.324. The second kappa shape index (κ2) is 5.12. The van der Waals surface area contributed by atoms with E-state index < -0.39 is 0 Å². The van der Waals surface area contributed by atoms with E-state index in [1.54, 1.807) is 30.5 Å². The third-order valence-electron chi connectivity index (χ3n) is 3.90. The quantitative estimate of drug-likeness (QED) is 0.929. The second-order valence-electron chi connectivity index (χ2n) is 5.25. The number of hydrogen-bond acceptors (Lipinski definition) is 2. The highest BCUT2D eigenvalue weighted by molar-refractivity contribution is 5.79. The zero-order valence-corrected chi connectivity index (χ0v) is 11.1. The molecule has 1 N–H and O–H groups in total. The molecule has 1 aromatic carbocycles. The van der Waals surface area contributed by atoms with E-state index >= 15 is 0 Å². The first-order chi connectivity index (χ1) is 9.68. The van der Waals surface area contributed by atoms with E-state index in [0.29, 0.717) is 5.76 Å². The number of nitrogens with one attached hydrogen (secondary N) is 1. The molecule has 1 heterocycles. The fourth-order valence-corrected chi connectivity index (χ4v) is 2.67. The highest BCUT2D eigenvalue weighted by Crippen LogP contribution is 2.41. The first kappa shape index (κ1) is 12.9. The number of hydrogen-bond donors (Lipinski definition) is 1. The minimum Gasteiger partial charge on any atom is -0.469 e. The van der Waals surface area contributed by atoms with E-state index in [4.69, 9.17) is 4.42 Å². The zero-order valence-electron chi connectivity index (χ0n) is 11.1. The maximum Gasteiger partial charge on any atom is 0.228 e. The summed E-state index contributed by atoms with van der Waals surface area (Å²) < 4.78 is 18.2. The predicted molar refractivity (Wildman–Crippen MR) is 72.5 cm³/mol. The number of amides is 1. The Morgan fingerprint density at radius 2 is 2.00 bits per heavy atom. The summed E-state index contributed by atoms with van der Waals surface area (Å²) in [7, 11) is 0. The molecule has 3 rings (SSSR count). The maximum absolute atomic E-state index is 13.0. The molecule has 1 aliphatic rings. The van der Waals surface area contributed by atoms with Gasteiger partial charge in [0.25, 0.3) is 0 Å². The van der Waals surface area contributed by atoms with Gasteiger partial charge in [-0.2, -0.15) is 0 Å². The lowest BCUT2D eigenvalue weighted by Crippen LogP contribution is -2.51. The third-order valence-corrected chi connectivity index (χ3v) is 3.90. The van der Waals surface area contributed by atoms with Gasteiger partial charge in [-0.25, -0.2) is 4.39 Å². The molecule has 0 unspecified atom stereocenters. The molecule has 1 amide bonds. The summed E-state index contributed by atoms with van der Waals surface area (Å²) in [5.41, 5.74) is 0.634. The lowest BCUT2D eigenvalue weighted by molar-refractivity contribution is -0.123. The van der Waals surface area contributed by atoms with Crippen molar-refractivity contribution in [2.75, 3.05) is 0 Å². The minimum atomic E-state index is -0.336. The van der Waals surface area contributed by atoms with Crippen LogP contribution in [0.15, 0.2) is 47.1 Å². The number of benzene rings is 1. The van der Waals surface area contributed by atoms with Crippen molar-refractivity contribution in [3.63, 3.8) is 0 Å². The van der Waals surface area contributed by atoms with Crippen LogP contribution >= 0.6 is 0 Å². The monoisotopic (exact) mass is 273 g/mol. The van der Waals surface area contributed by atoms with Gasteiger partial charge in [0, 0.05) is 0 Å². The van der Waals surface area contributed by atoms with Gasteiger partial charge in [-0.3, -0.25) is 4.79 Å². The molecular weight excluding hydrogens is 257 g/mol. The normalized spacial score (nSPS) is 16.4. The number of carbonyl (C=O) groups excluding carboxylic acids is 1. The van der Waals surface area contributed by atoms with Gasteiger partial charge in [-0.05, 0) is 49.1 Å². The van der Waals surface area contributed by atoms with Crippen molar-refractivity contribution in [2.24, 2.45) is 0 Å². The topological polar surface area (TPSA) is 42.2 Å². The molecule has 0 radical (unpaired) electrons. The molecule has 0 aliphatic heterocycles. The lowest BCUT2D eigenvalue weighted by atomic mass is 9.71. The Morgan fingerprint density at radius 1 is 1.25 bits per heavy atom. The van der Waals surface area contributed by atoms with Crippen molar-refractivity contribution in [1.82, 2.24) is 5.32 Å². The molecule has 0 bridgehead atoms. The summed E-state index contributed by atoms with van der Waals surface area (Å²) in [5, 5.41) is 3.08. The summed E-state index contributed by atoms with van der Waals surface area (Å²) in [6, 6.07) is 9.93. The Hall–Kier alpha value is -2.10. The molecule has 2 aromatic rings. The maximum atomic E-state index is 13.0. The van der Waals surface area contributed by atoms with E-state index in [2.05, 4.69) is 5.32 Å². The van der Waals surface area contributed by atoms with E-state index in [9.17, 15) is 9.18 Å². The highest BCUT2D eigenvalue weighted by Gasteiger charge is 2.39. The van der Waals surface area contributed by atoms with Gasteiger partial charge < -0.3 is 9.73 Å². The van der Waals surface area contributed by atoms with Crippen LogP contribution in [0, 0.1) is 5.82 Å². The van der Waals surface area contributed by atoms with E-state index in [1.807, 2.05) is 0 Å². The van der Waals surface area contributed by atoms with Crippen LogP contribution in [0.1, 0.15) is 30.6 Å². The molecule has 20 heavy (non-hydrogen) atoms. The average Bonchev–Trinajstić information content (AvgIpc) is 2.88. The second-order valence-corrected chi connectivity index (χ2v) is 5.25. The van der Waals surface area contributed by atoms with Crippen LogP contribution < -0.4 is 5.32 Å². The van der Waals surface area contributed by atoms with Crippen molar-refractivity contribution in [2.45, 2.75) is 31.2 Å². The molecule has 3 nitrogen and oxygen atoms in total. The number of halogens is 1. The van der Waals surface area contributed by atoms with Crippen molar-refractivity contribution >= 4 is 5.91 Å². The average molecular weight is 273 g/mol. The number of rotatable bonds is 4. The Morgan fingerprint density at radius 3 is 2.55 bits per heavy atom. The molecule has 0 spiro atoms. The van der Waals surface area contributed by atoms with Crippen LogP contribution in [-0.4, -0.2) is 5.91 Å². The summed E-state index contributed by atoms with van der Waals surface area (Å²) in [6.07, 6.45) is 4.64. The molecule has 1 aromatic heterocycles. The molecule has 1 aliphatic carbocycles. The summed E-state index contributed by atoms with van der Waals surface area (Å²) in [6.45, 7) is 0. The highest BCUT2D eigenvalue weighted by atomic mass is 19.1. The van der Waals surface area contributed by atoms with Gasteiger partial charge in [0.1, 0.15) is 11.6 Å². The molecule has 1 fully saturated rings. The smallest absolute Gasteiger partial charge is 0.228 e. The Bertz CT molecular complexity index is 585. The Kier molecular flexibility index (Phi) is 3.30. The Labute approximate surface area is 116 Å². The van der Waals surface area contributed by atoms with Crippen molar-refractivity contribution in [3.8, 4) is 0 Å². The fraction of sp³-hybridized carbons (Fsp3) is 0.312. The standard InChI is InChI=1S/C16H16FNO2/c17-13-6-4-12(5-7-13)16(8-2-9-16)18-15(19)11-14-3-1-10-20-14/h1,3-7,10H,2,8-9,11H2,(H,18,19). The molecule has 4 heteroatoms. The molecule has 1 saturated carbocycles. The van der Waals surface area contributed by atoms with Gasteiger partial charge in [-0.1, -0.05) is 12.1 Å². The number of carbonyl (C=O) groups is 1. The van der Waals surface area contributed by atoms with E-state index in [-0.39, 0.29) is 23.7 Å². The minimum absolute atomic E-state index is 0.0658. The summed E-state index contributed by atoms with van der Waals surface area (Å²) in [4.78, 5) is 12.1. The SMILES string of the molecule is O=C(Cc1ccco1)NC1(c2ccc(F)cc2)CCC1. The third kappa shape index (κ3) is 2.46. The van der Waals surface area contributed by atoms with Crippen molar-refractivity contribution in [1.29, 1.82) is 0 Å². The van der Waals surface area contributed by atoms with E-state index in [1.165, 1.54) is 12.1 Å². The Balaban J connectivity index is 1.73. The molecule has 0 atom stereocenters. The largest absolute Gasteiger partial charge is 0.469 e. The first-order valence-electron chi connectivity index (χ1n) is 6.77. The van der Waals surface area contributed by atoms with Crippen LogP contribution in [0.3, 0.4) is 0 Å². The first-order valence-corrected chi connectivity index (χ1v) is 6.77. The van der Waals surface area contributed by atoms with Gasteiger partial charge in [0.2, 0.25) is 5.91 Å². The molecule has 104 valence electrons. The van der Waals surface area contributed by atoms with E-state index in [0.717, 1.165) is 24.8 Å². The van der Waals surface area contributed by atoms with Crippen LogP contribution in [0.5, 0.6) is 0 Å². The summed E-state index contributed by atoms with van der Waals surface area (Å²) >= 11 is 0. The van der Waals surface area contributed by atoms with Gasteiger partial charge in [0.15, 0.2) is 0 Å². The van der Waals surface area contributed by atoms with Gasteiger partial charge in [-0.15, -0.1) is 0 Å². The molecular formula is C16H16FNO2. The van der Waals surface area contributed by atoms with Crippen LogP contribution in [0.25, 0.3) is 0 Å². The van der Waals surface area contributed by atoms with Crippen LogP contribution in [0.4, 0.5) is 4.39 Å². The molecule has 0 saturated heterocycles.